The van der Waals surface area contributed by atoms with Gasteiger partial charge in [-0.15, -0.1) is 11.3 Å². The van der Waals surface area contributed by atoms with E-state index in [-0.39, 0.29) is 11.3 Å². The van der Waals surface area contributed by atoms with Crippen molar-refractivity contribution in [3.05, 3.63) is 51.3 Å². The van der Waals surface area contributed by atoms with Crippen LogP contribution in [0.4, 0.5) is 5.69 Å². The van der Waals surface area contributed by atoms with Crippen LogP contribution in [0, 0.1) is 20.8 Å². The van der Waals surface area contributed by atoms with Gasteiger partial charge in [-0.1, -0.05) is 52.8 Å². The molecule has 0 aliphatic carbocycles. The summed E-state index contributed by atoms with van der Waals surface area (Å²) in [7, 11) is 0. The van der Waals surface area contributed by atoms with Gasteiger partial charge in [-0.05, 0) is 43.4 Å². The van der Waals surface area contributed by atoms with Crippen molar-refractivity contribution in [2.24, 2.45) is 0 Å². The van der Waals surface area contributed by atoms with Gasteiger partial charge >= 0.3 is 0 Å². The predicted molar refractivity (Wildman–Crippen MR) is 119 cm³/mol. The van der Waals surface area contributed by atoms with Crippen molar-refractivity contribution in [3.63, 3.8) is 0 Å². The fourth-order valence-corrected chi connectivity index (χ4v) is 4.53. The zero-order valence-corrected chi connectivity index (χ0v) is 18.8. The predicted octanol–water partition coefficient (Wildman–Crippen LogP) is 6.29. The Morgan fingerprint density at radius 3 is 2.39 bits per heavy atom. The normalized spacial score (nSPS) is 12.0. The average molecular weight is 396 g/mol. The van der Waals surface area contributed by atoms with Gasteiger partial charge in [0.15, 0.2) is 0 Å². The summed E-state index contributed by atoms with van der Waals surface area (Å²) < 4.78 is 0. The number of carbonyl (C=O) groups excluding carboxylic acids is 1. The summed E-state index contributed by atoms with van der Waals surface area (Å²) in [6.45, 7) is 16.6. The molecule has 0 unspecified atom stereocenters. The molecule has 3 aromatic rings. The highest BCUT2D eigenvalue weighted by atomic mass is 32.1. The van der Waals surface area contributed by atoms with Gasteiger partial charge in [-0.3, -0.25) is 4.79 Å². The zero-order valence-electron chi connectivity index (χ0n) is 18.0. The van der Waals surface area contributed by atoms with E-state index in [1.807, 2.05) is 32.9 Å². The van der Waals surface area contributed by atoms with Gasteiger partial charge in [0.2, 0.25) is 0 Å². The highest BCUT2D eigenvalue weighted by Crippen LogP contribution is 2.34. The van der Waals surface area contributed by atoms with Gasteiger partial charge in [0, 0.05) is 16.5 Å². The quantitative estimate of drug-likeness (QED) is 0.567. The fraction of sp³-hybridized carbons (Fsp3) is 0.435. The maximum absolute atomic E-state index is 13.2. The number of aryl methyl sites for hydroxylation is 3. The lowest BCUT2D eigenvalue weighted by atomic mass is 9.95. The van der Waals surface area contributed by atoms with Gasteiger partial charge in [0.25, 0.3) is 5.91 Å². The van der Waals surface area contributed by atoms with Gasteiger partial charge in [-0.2, -0.15) is 0 Å². The van der Waals surface area contributed by atoms with E-state index >= 15 is 0 Å². The molecular weight excluding hydrogens is 366 g/mol. The monoisotopic (exact) mass is 395 g/mol. The number of amides is 1. The Kier molecular flexibility index (Phi) is 5.32. The summed E-state index contributed by atoms with van der Waals surface area (Å²) in [6.07, 6.45) is 0. The molecule has 5 heteroatoms. The summed E-state index contributed by atoms with van der Waals surface area (Å²) in [5, 5.41) is 4.16. The lowest BCUT2D eigenvalue weighted by Crippen LogP contribution is -2.16. The van der Waals surface area contributed by atoms with Crippen molar-refractivity contribution < 1.29 is 4.79 Å². The second-order valence-electron chi connectivity index (χ2n) is 8.77. The number of thiophene rings is 1. The van der Waals surface area contributed by atoms with Crippen LogP contribution >= 0.6 is 11.3 Å². The molecule has 1 N–H and O–H groups in total. The molecule has 148 valence electrons. The third-order valence-corrected chi connectivity index (χ3v) is 6.20. The number of carbonyl (C=O) groups is 1. The molecule has 0 spiro atoms. The molecule has 2 aromatic heterocycles. The second kappa shape index (κ2) is 7.28. The van der Waals surface area contributed by atoms with Crippen molar-refractivity contribution in [1.82, 2.24) is 9.97 Å². The molecule has 28 heavy (non-hydrogen) atoms. The molecule has 3 rings (SSSR count). The molecule has 0 aliphatic rings. The molecule has 0 bridgehead atoms. The standard InChI is InChI=1S/C23H29N3OS/c1-12(2)16-11-9-10-13(3)18(16)25-20(27)19-14(4)17-15(5)24-22(23(6,7)8)26-21(17)28-19/h9-12H,1-8H3,(H,25,27). The third-order valence-electron chi connectivity index (χ3n) is 5.01. The van der Waals surface area contributed by atoms with Crippen molar-refractivity contribution in [3.8, 4) is 0 Å². The van der Waals surface area contributed by atoms with Crippen LogP contribution in [0.5, 0.6) is 0 Å². The van der Waals surface area contributed by atoms with E-state index < -0.39 is 0 Å². The zero-order chi connectivity index (χ0) is 20.8. The van der Waals surface area contributed by atoms with Crippen molar-refractivity contribution >= 4 is 33.1 Å². The van der Waals surface area contributed by atoms with Crippen LogP contribution in [-0.4, -0.2) is 15.9 Å². The summed E-state index contributed by atoms with van der Waals surface area (Å²) >= 11 is 1.45. The Labute approximate surface area is 171 Å². The smallest absolute Gasteiger partial charge is 0.266 e. The average Bonchev–Trinajstić information content (AvgIpc) is 2.93. The molecule has 0 saturated carbocycles. The van der Waals surface area contributed by atoms with Crippen molar-refractivity contribution in [1.29, 1.82) is 0 Å². The van der Waals surface area contributed by atoms with Gasteiger partial charge in [-0.25, -0.2) is 9.97 Å². The number of benzene rings is 1. The molecule has 2 heterocycles. The molecule has 0 saturated heterocycles. The molecule has 4 nitrogen and oxygen atoms in total. The first-order chi connectivity index (χ1) is 13.0. The highest BCUT2D eigenvalue weighted by Gasteiger charge is 2.24. The van der Waals surface area contributed by atoms with E-state index in [1.165, 1.54) is 11.3 Å². The van der Waals surface area contributed by atoms with Crippen LogP contribution in [0.2, 0.25) is 0 Å². The maximum atomic E-state index is 13.2. The number of nitrogens with one attached hydrogen (secondary N) is 1. The largest absolute Gasteiger partial charge is 0.321 e. The van der Waals surface area contributed by atoms with E-state index in [0.29, 0.717) is 10.8 Å². The lowest BCUT2D eigenvalue weighted by molar-refractivity contribution is 0.103. The first kappa shape index (κ1) is 20.5. The minimum atomic E-state index is -0.132. The molecule has 0 atom stereocenters. The molecular formula is C23H29N3OS. The Bertz CT molecular complexity index is 1060. The first-order valence-electron chi connectivity index (χ1n) is 9.69. The van der Waals surface area contributed by atoms with Crippen LogP contribution in [0.15, 0.2) is 18.2 Å². The summed E-state index contributed by atoms with van der Waals surface area (Å²) in [5.74, 6) is 1.07. The van der Waals surface area contributed by atoms with E-state index in [1.54, 1.807) is 0 Å². The molecule has 0 aliphatic heterocycles. The SMILES string of the molecule is Cc1cccc(C(C)C)c1NC(=O)c1sc2nc(C(C)(C)C)nc(C)c2c1C. The number of nitrogens with zero attached hydrogens (tertiary/aromatic N) is 2. The topological polar surface area (TPSA) is 54.9 Å². The van der Waals surface area contributed by atoms with Crippen LogP contribution in [-0.2, 0) is 5.41 Å². The molecule has 1 amide bonds. The Morgan fingerprint density at radius 1 is 1.11 bits per heavy atom. The van der Waals surface area contributed by atoms with Crippen LogP contribution in [0.3, 0.4) is 0 Å². The third kappa shape index (κ3) is 3.68. The fourth-order valence-electron chi connectivity index (χ4n) is 3.40. The number of anilines is 1. The number of hydrogen-bond acceptors (Lipinski definition) is 4. The van der Waals surface area contributed by atoms with Crippen molar-refractivity contribution in [2.45, 2.75) is 66.7 Å². The number of aromatic nitrogens is 2. The lowest BCUT2D eigenvalue weighted by Gasteiger charge is -2.17. The first-order valence-corrected chi connectivity index (χ1v) is 10.5. The summed E-state index contributed by atoms with van der Waals surface area (Å²) in [5.41, 5.74) is 4.89. The van der Waals surface area contributed by atoms with Crippen LogP contribution in [0.1, 0.15) is 78.4 Å². The van der Waals surface area contributed by atoms with Gasteiger partial charge in [0.05, 0.1) is 10.6 Å². The molecule has 0 radical (unpaired) electrons. The molecule has 0 fully saturated rings. The number of para-hydroxylation sites is 1. The Balaban J connectivity index is 2.07. The van der Waals surface area contributed by atoms with Crippen LogP contribution in [0.25, 0.3) is 10.2 Å². The van der Waals surface area contributed by atoms with Gasteiger partial charge < -0.3 is 5.32 Å². The Morgan fingerprint density at radius 2 is 1.79 bits per heavy atom. The van der Waals surface area contributed by atoms with Gasteiger partial charge in [0.1, 0.15) is 10.7 Å². The number of hydrogen-bond donors (Lipinski definition) is 1. The minimum absolute atomic E-state index is 0.0755. The highest BCUT2D eigenvalue weighted by molar-refractivity contribution is 7.20. The van der Waals surface area contributed by atoms with E-state index in [0.717, 1.165) is 44.1 Å². The van der Waals surface area contributed by atoms with Crippen molar-refractivity contribution in [2.75, 3.05) is 5.32 Å². The minimum Gasteiger partial charge on any atom is -0.321 e. The van der Waals surface area contributed by atoms with E-state index in [9.17, 15) is 4.79 Å². The molecule has 1 aromatic carbocycles. The summed E-state index contributed by atoms with van der Waals surface area (Å²) in [4.78, 5) is 24.2. The van der Waals surface area contributed by atoms with E-state index in [4.69, 9.17) is 9.97 Å². The maximum Gasteiger partial charge on any atom is 0.266 e. The van der Waals surface area contributed by atoms with E-state index in [2.05, 4.69) is 46.0 Å². The number of fused-ring (bicyclic) bond motifs is 1. The Hall–Kier alpha value is -2.27. The second-order valence-corrected chi connectivity index (χ2v) is 9.77. The summed E-state index contributed by atoms with van der Waals surface area (Å²) in [6, 6.07) is 6.15. The number of rotatable bonds is 3. The van der Waals surface area contributed by atoms with Crippen LogP contribution < -0.4 is 5.32 Å².